The van der Waals surface area contributed by atoms with E-state index in [1.54, 1.807) is 6.07 Å². The topological polar surface area (TPSA) is 26.0 Å². The first-order chi connectivity index (χ1) is 6.50. The molecule has 76 valence electrons. The molecule has 0 saturated carbocycles. The Bertz CT molecular complexity index is 357. The molecule has 1 aromatic rings. The average Bonchev–Trinajstić information content (AvgIpc) is 2.46. The maximum atomic E-state index is 12.6. The summed E-state index contributed by atoms with van der Waals surface area (Å²) in [6, 6.07) is 3.81. The largest absolute Gasteiger partial charge is 0.416 e. The van der Waals surface area contributed by atoms with E-state index in [1.165, 1.54) is 6.07 Å². The standard InChI is InChI=1S/C10H10F3N/c11-10(12,13)7-3-1-2-6-4-5-8(14)9(6)7/h1-3,8H,4-5,14H2. The van der Waals surface area contributed by atoms with Crippen molar-refractivity contribution in [2.24, 2.45) is 5.73 Å². The smallest absolute Gasteiger partial charge is 0.324 e. The van der Waals surface area contributed by atoms with Gasteiger partial charge in [0.1, 0.15) is 0 Å². The first kappa shape index (κ1) is 9.52. The van der Waals surface area contributed by atoms with Crippen LogP contribution in [0.15, 0.2) is 18.2 Å². The molecule has 0 fully saturated rings. The lowest BCUT2D eigenvalue weighted by molar-refractivity contribution is -0.138. The zero-order chi connectivity index (χ0) is 10.3. The Labute approximate surface area is 79.7 Å². The van der Waals surface area contributed by atoms with E-state index >= 15 is 0 Å². The monoisotopic (exact) mass is 201 g/mol. The fourth-order valence-electron chi connectivity index (χ4n) is 1.97. The van der Waals surface area contributed by atoms with Crippen molar-refractivity contribution < 1.29 is 13.2 Å². The zero-order valence-electron chi connectivity index (χ0n) is 7.43. The van der Waals surface area contributed by atoms with Crippen molar-refractivity contribution in [3.8, 4) is 0 Å². The molecule has 0 radical (unpaired) electrons. The van der Waals surface area contributed by atoms with Crippen LogP contribution in [0.5, 0.6) is 0 Å². The summed E-state index contributed by atoms with van der Waals surface area (Å²) < 4.78 is 37.7. The third-order valence-corrected chi connectivity index (χ3v) is 2.60. The molecule has 1 nitrogen and oxygen atoms in total. The van der Waals surface area contributed by atoms with Crippen molar-refractivity contribution in [2.45, 2.75) is 25.1 Å². The number of alkyl halides is 3. The van der Waals surface area contributed by atoms with Crippen LogP contribution < -0.4 is 5.73 Å². The summed E-state index contributed by atoms with van der Waals surface area (Å²) in [5.74, 6) is 0. The third kappa shape index (κ3) is 1.39. The minimum atomic E-state index is -4.28. The second-order valence-corrected chi connectivity index (χ2v) is 3.52. The molecule has 2 rings (SSSR count). The Morgan fingerprint density at radius 3 is 2.64 bits per heavy atom. The molecular formula is C10H10F3N. The highest BCUT2D eigenvalue weighted by Gasteiger charge is 2.37. The molecular weight excluding hydrogens is 191 g/mol. The molecule has 1 aliphatic carbocycles. The van der Waals surface area contributed by atoms with Gasteiger partial charge in [0.2, 0.25) is 0 Å². The minimum Gasteiger partial charge on any atom is -0.324 e. The maximum absolute atomic E-state index is 12.6. The number of fused-ring (bicyclic) bond motifs is 1. The number of nitrogens with two attached hydrogens (primary N) is 1. The van der Waals surface area contributed by atoms with E-state index in [9.17, 15) is 13.2 Å². The fraction of sp³-hybridized carbons (Fsp3) is 0.400. The normalized spacial score (nSPS) is 21.0. The molecule has 0 spiro atoms. The zero-order valence-corrected chi connectivity index (χ0v) is 7.43. The van der Waals surface area contributed by atoms with E-state index in [1.807, 2.05) is 0 Å². The predicted molar refractivity (Wildman–Crippen MR) is 46.7 cm³/mol. The lowest BCUT2D eigenvalue weighted by Crippen LogP contribution is -2.14. The van der Waals surface area contributed by atoms with Gasteiger partial charge in [-0.2, -0.15) is 13.2 Å². The molecule has 14 heavy (non-hydrogen) atoms. The maximum Gasteiger partial charge on any atom is 0.416 e. The second kappa shape index (κ2) is 2.98. The molecule has 0 saturated heterocycles. The first-order valence-corrected chi connectivity index (χ1v) is 4.44. The van der Waals surface area contributed by atoms with Gasteiger partial charge in [0.05, 0.1) is 5.56 Å². The van der Waals surface area contributed by atoms with Gasteiger partial charge >= 0.3 is 6.18 Å². The Morgan fingerprint density at radius 1 is 1.29 bits per heavy atom. The quantitative estimate of drug-likeness (QED) is 0.686. The van der Waals surface area contributed by atoms with E-state index in [0.29, 0.717) is 18.4 Å². The van der Waals surface area contributed by atoms with Crippen molar-refractivity contribution in [3.63, 3.8) is 0 Å². The number of aryl methyl sites for hydroxylation is 1. The summed E-state index contributed by atoms with van der Waals surface area (Å²) in [7, 11) is 0. The van der Waals surface area contributed by atoms with Gasteiger partial charge < -0.3 is 5.73 Å². The Kier molecular flexibility index (Phi) is 2.03. The van der Waals surface area contributed by atoms with Crippen LogP contribution in [0.2, 0.25) is 0 Å². The van der Waals surface area contributed by atoms with Crippen molar-refractivity contribution in [1.82, 2.24) is 0 Å². The number of rotatable bonds is 0. The lowest BCUT2D eigenvalue weighted by atomic mass is 10.0. The van der Waals surface area contributed by atoms with Crippen LogP contribution in [0, 0.1) is 0 Å². The molecule has 1 aromatic carbocycles. The summed E-state index contributed by atoms with van der Waals surface area (Å²) in [5.41, 5.74) is 6.11. The molecule has 2 N–H and O–H groups in total. The van der Waals surface area contributed by atoms with Gasteiger partial charge in [0, 0.05) is 6.04 Å². The Hall–Kier alpha value is -1.03. The molecule has 0 bridgehead atoms. The van der Waals surface area contributed by atoms with Crippen molar-refractivity contribution in [3.05, 3.63) is 34.9 Å². The minimum absolute atomic E-state index is 0.292. The van der Waals surface area contributed by atoms with Gasteiger partial charge in [-0.25, -0.2) is 0 Å². The van der Waals surface area contributed by atoms with Crippen LogP contribution in [0.3, 0.4) is 0 Å². The summed E-state index contributed by atoms with van der Waals surface area (Å²) in [6.45, 7) is 0. The predicted octanol–water partition coefficient (Wildman–Crippen LogP) is 2.65. The fourth-order valence-corrected chi connectivity index (χ4v) is 1.97. The summed E-state index contributed by atoms with van der Waals surface area (Å²) in [4.78, 5) is 0. The number of halogens is 3. The van der Waals surface area contributed by atoms with Crippen LogP contribution in [0.1, 0.15) is 29.2 Å². The molecule has 0 aliphatic heterocycles. The SMILES string of the molecule is NC1CCc2cccc(C(F)(F)F)c21. The third-order valence-electron chi connectivity index (χ3n) is 2.60. The van der Waals surface area contributed by atoms with Gasteiger partial charge in [-0.1, -0.05) is 12.1 Å². The van der Waals surface area contributed by atoms with Gasteiger partial charge in [-0.15, -0.1) is 0 Å². The molecule has 0 heterocycles. The first-order valence-electron chi connectivity index (χ1n) is 4.44. The van der Waals surface area contributed by atoms with Crippen LogP contribution in [-0.4, -0.2) is 0 Å². The van der Waals surface area contributed by atoms with E-state index in [-0.39, 0.29) is 0 Å². The van der Waals surface area contributed by atoms with Crippen molar-refractivity contribution in [1.29, 1.82) is 0 Å². The van der Waals surface area contributed by atoms with E-state index < -0.39 is 17.8 Å². The Morgan fingerprint density at radius 2 is 2.00 bits per heavy atom. The Balaban J connectivity index is 2.58. The van der Waals surface area contributed by atoms with E-state index in [2.05, 4.69) is 0 Å². The lowest BCUT2D eigenvalue weighted by Gasteiger charge is -2.14. The van der Waals surface area contributed by atoms with Gasteiger partial charge in [-0.05, 0) is 30.0 Å². The highest BCUT2D eigenvalue weighted by Crippen LogP contribution is 2.40. The van der Waals surface area contributed by atoms with E-state index in [4.69, 9.17) is 5.73 Å². The number of benzene rings is 1. The molecule has 0 aromatic heterocycles. The van der Waals surface area contributed by atoms with Crippen LogP contribution in [-0.2, 0) is 12.6 Å². The van der Waals surface area contributed by atoms with Gasteiger partial charge in [0.15, 0.2) is 0 Å². The average molecular weight is 201 g/mol. The summed E-state index contributed by atoms with van der Waals surface area (Å²) >= 11 is 0. The molecule has 0 amide bonds. The highest BCUT2D eigenvalue weighted by molar-refractivity contribution is 5.42. The van der Waals surface area contributed by atoms with Crippen molar-refractivity contribution in [2.75, 3.05) is 0 Å². The molecule has 1 unspecified atom stereocenters. The van der Waals surface area contributed by atoms with Crippen molar-refractivity contribution >= 4 is 0 Å². The molecule has 1 aliphatic rings. The highest BCUT2D eigenvalue weighted by atomic mass is 19.4. The number of hydrogen-bond donors (Lipinski definition) is 1. The van der Waals surface area contributed by atoms with Crippen LogP contribution >= 0.6 is 0 Å². The molecule has 1 atom stereocenters. The van der Waals surface area contributed by atoms with Crippen LogP contribution in [0.4, 0.5) is 13.2 Å². The van der Waals surface area contributed by atoms with Gasteiger partial charge in [0.25, 0.3) is 0 Å². The summed E-state index contributed by atoms with van der Waals surface area (Å²) in [5, 5.41) is 0. The number of hydrogen-bond acceptors (Lipinski definition) is 1. The van der Waals surface area contributed by atoms with Crippen LogP contribution in [0.25, 0.3) is 0 Å². The molecule has 4 heteroatoms. The summed E-state index contributed by atoms with van der Waals surface area (Å²) in [6.07, 6.45) is -3.02. The van der Waals surface area contributed by atoms with Gasteiger partial charge in [-0.3, -0.25) is 0 Å². The van der Waals surface area contributed by atoms with E-state index in [0.717, 1.165) is 11.6 Å². The second-order valence-electron chi connectivity index (χ2n) is 3.52.